The molecule has 2 amide bonds. The van der Waals surface area contributed by atoms with Crippen molar-refractivity contribution in [2.45, 2.75) is 38.8 Å². The van der Waals surface area contributed by atoms with E-state index in [1.54, 1.807) is 0 Å². The van der Waals surface area contributed by atoms with Crippen LogP contribution in [-0.4, -0.2) is 47.2 Å². The van der Waals surface area contributed by atoms with Gasteiger partial charge in [-0.15, -0.1) is 0 Å². The zero-order valence-electron chi connectivity index (χ0n) is 21.1. The molecule has 1 aliphatic rings. The Kier molecular flexibility index (Phi) is 8.23. The Labute approximate surface area is 217 Å². The highest BCUT2D eigenvalue weighted by Crippen LogP contribution is 2.44. The zero-order chi connectivity index (χ0) is 26.4. The van der Waals surface area contributed by atoms with Crippen LogP contribution in [0.4, 0.5) is 4.79 Å². The summed E-state index contributed by atoms with van der Waals surface area (Å²) < 4.78 is 5.66. The zero-order valence-corrected chi connectivity index (χ0v) is 21.1. The van der Waals surface area contributed by atoms with Gasteiger partial charge in [0.25, 0.3) is 0 Å². The normalized spacial score (nSPS) is 13.7. The topological polar surface area (TPSA) is 95.9 Å². The second-order valence-corrected chi connectivity index (χ2v) is 9.41. The van der Waals surface area contributed by atoms with E-state index in [4.69, 9.17) is 4.74 Å². The van der Waals surface area contributed by atoms with E-state index in [2.05, 4.69) is 17.4 Å². The van der Waals surface area contributed by atoms with Crippen LogP contribution in [0.3, 0.4) is 0 Å². The maximum atomic E-state index is 13.5. The Bertz CT molecular complexity index is 1210. The largest absolute Gasteiger partial charge is 0.480 e. The number of benzene rings is 3. The summed E-state index contributed by atoms with van der Waals surface area (Å²) in [5.74, 6) is -1.89. The summed E-state index contributed by atoms with van der Waals surface area (Å²) in [6.07, 6.45) is -0.0812. The number of nitrogens with one attached hydrogen (secondary N) is 1. The summed E-state index contributed by atoms with van der Waals surface area (Å²) >= 11 is 0. The van der Waals surface area contributed by atoms with Gasteiger partial charge in [-0.25, -0.2) is 4.79 Å². The standard InChI is InChI=1S/C30H32N2O5/c1-3-20(2)28(29(35)32(18-27(33)34)17-21-11-5-4-6-12-21)31-30(36)37-19-26-24-15-9-7-13-22(24)23-14-8-10-16-25(23)26/h4-16,20,26,28H,3,17-19H2,1-2H3,(H,31,36)(H,33,34)/t20?,28-/m0/s1. The Balaban J connectivity index is 1.47. The van der Waals surface area contributed by atoms with Crippen molar-refractivity contribution < 1.29 is 24.2 Å². The number of ether oxygens (including phenoxy) is 1. The van der Waals surface area contributed by atoms with Gasteiger partial charge >= 0.3 is 12.1 Å². The van der Waals surface area contributed by atoms with Gasteiger partial charge in [0.05, 0.1) is 0 Å². The van der Waals surface area contributed by atoms with Gasteiger partial charge in [0.1, 0.15) is 19.2 Å². The molecule has 37 heavy (non-hydrogen) atoms. The molecule has 0 spiro atoms. The predicted octanol–water partition coefficient (Wildman–Crippen LogP) is 5.05. The monoisotopic (exact) mass is 500 g/mol. The summed E-state index contributed by atoms with van der Waals surface area (Å²) in [5.41, 5.74) is 5.26. The van der Waals surface area contributed by atoms with E-state index >= 15 is 0 Å². The molecule has 2 N–H and O–H groups in total. The molecule has 0 heterocycles. The van der Waals surface area contributed by atoms with Crippen molar-refractivity contribution >= 4 is 18.0 Å². The third kappa shape index (κ3) is 6.00. The van der Waals surface area contributed by atoms with Crippen LogP contribution < -0.4 is 5.32 Å². The number of carboxylic acids is 1. The Morgan fingerprint density at radius 1 is 0.919 bits per heavy atom. The van der Waals surface area contributed by atoms with Crippen molar-refractivity contribution in [2.75, 3.05) is 13.2 Å². The van der Waals surface area contributed by atoms with E-state index in [-0.39, 0.29) is 25.0 Å². The molecule has 3 aromatic carbocycles. The third-order valence-corrected chi connectivity index (χ3v) is 6.95. The number of fused-ring (bicyclic) bond motifs is 3. The van der Waals surface area contributed by atoms with Crippen LogP contribution in [0.15, 0.2) is 78.9 Å². The summed E-state index contributed by atoms with van der Waals surface area (Å²) in [7, 11) is 0. The van der Waals surface area contributed by atoms with Crippen LogP contribution in [0, 0.1) is 5.92 Å². The van der Waals surface area contributed by atoms with E-state index in [0.717, 1.165) is 27.8 Å². The van der Waals surface area contributed by atoms with E-state index < -0.39 is 30.6 Å². The molecular weight excluding hydrogens is 468 g/mol. The molecule has 1 unspecified atom stereocenters. The van der Waals surface area contributed by atoms with Crippen LogP contribution in [0.5, 0.6) is 0 Å². The number of aliphatic carboxylic acids is 1. The van der Waals surface area contributed by atoms with Crippen molar-refractivity contribution in [3.05, 3.63) is 95.6 Å². The molecule has 1 aliphatic carbocycles. The second-order valence-electron chi connectivity index (χ2n) is 9.41. The lowest BCUT2D eigenvalue weighted by molar-refractivity contribution is -0.146. The number of hydrogen-bond donors (Lipinski definition) is 2. The lowest BCUT2D eigenvalue weighted by Crippen LogP contribution is -2.52. The van der Waals surface area contributed by atoms with Crippen LogP contribution in [0.25, 0.3) is 11.1 Å². The number of carbonyl (C=O) groups is 3. The number of alkyl carbamates (subject to hydrolysis) is 1. The van der Waals surface area contributed by atoms with Gasteiger partial charge in [0, 0.05) is 12.5 Å². The molecule has 0 saturated carbocycles. The van der Waals surface area contributed by atoms with Crippen LogP contribution in [0.1, 0.15) is 42.9 Å². The van der Waals surface area contributed by atoms with E-state index in [1.807, 2.05) is 80.6 Å². The molecule has 3 aromatic rings. The minimum atomic E-state index is -1.12. The minimum absolute atomic E-state index is 0.0995. The molecule has 192 valence electrons. The highest BCUT2D eigenvalue weighted by molar-refractivity contribution is 5.88. The van der Waals surface area contributed by atoms with Crippen molar-refractivity contribution in [1.82, 2.24) is 10.2 Å². The maximum Gasteiger partial charge on any atom is 0.407 e. The van der Waals surface area contributed by atoms with E-state index in [1.165, 1.54) is 4.90 Å². The molecule has 0 aromatic heterocycles. The molecule has 4 rings (SSSR count). The third-order valence-electron chi connectivity index (χ3n) is 6.95. The van der Waals surface area contributed by atoms with Crippen molar-refractivity contribution in [1.29, 1.82) is 0 Å². The number of nitrogens with zero attached hydrogens (tertiary/aromatic N) is 1. The van der Waals surface area contributed by atoms with E-state index in [9.17, 15) is 19.5 Å². The second kappa shape index (κ2) is 11.7. The highest BCUT2D eigenvalue weighted by Gasteiger charge is 2.33. The average molecular weight is 501 g/mol. The first-order valence-corrected chi connectivity index (χ1v) is 12.5. The SMILES string of the molecule is CCC(C)[C@H](NC(=O)OCC1c2ccccc2-c2ccccc21)C(=O)N(CC(=O)O)Cc1ccccc1. The summed E-state index contributed by atoms with van der Waals surface area (Å²) in [5, 5.41) is 12.2. The Morgan fingerprint density at radius 2 is 1.49 bits per heavy atom. The highest BCUT2D eigenvalue weighted by atomic mass is 16.5. The van der Waals surface area contributed by atoms with Gasteiger partial charge < -0.3 is 20.1 Å². The van der Waals surface area contributed by atoms with Crippen LogP contribution in [-0.2, 0) is 20.9 Å². The number of carbonyl (C=O) groups excluding carboxylic acids is 2. The van der Waals surface area contributed by atoms with Crippen LogP contribution in [0.2, 0.25) is 0 Å². The molecule has 7 heteroatoms. The maximum absolute atomic E-state index is 13.5. The number of hydrogen-bond acceptors (Lipinski definition) is 4. The Hall–Kier alpha value is -4.13. The molecule has 0 aliphatic heterocycles. The van der Waals surface area contributed by atoms with Crippen LogP contribution >= 0.6 is 0 Å². The minimum Gasteiger partial charge on any atom is -0.480 e. The number of carboxylic acid groups (broad SMARTS) is 1. The van der Waals surface area contributed by atoms with E-state index in [0.29, 0.717) is 6.42 Å². The fourth-order valence-corrected chi connectivity index (χ4v) is 4.83. The lowest BCUT2D eigenvalue weighted by Gasteiger charge is -2.30. The molecule has 0 bridgehead atoms. The first-order chi connectivity index (χ1) is 17.9. The van der Waals surface area contributed by atoms with Gasteiger partial charge in [-0.3, -0.25) is 9.59 Å². The lowest BCUT2D eigenvalue weighted by atomic mass is 9.97. The average Bonchev–Trinajstić information content (AvgIpc) is 3.23. The van der Waals surface area contributed by atoms with Gasteiger partial charge in [0.2, 0.25) is 5.91 Å². The number of amides is 2. The first kappa shape index (κ1) is 25.9. The molecule has 7 nitrogen and oxygen atoms in total. The van der Waals surface area contributed by atoms with Crippen molar-refractivity contribution in [2.24, 2.45) is 5.92 Å². The molecule has 0 saturated heterocycles. The quantitative estimate of drug-likeness (QED) is 0.406. The fourth-order valence-electron chi connectivity index (χ4n) is 4.83. The predicted molar refractivity (Wildman–Crippen MR) is 141 cm³/mol. The summed E-state index contributed by atoms with van der Waals surface area (Å²) in [6, 6.07) is 24.4. The fraction of sp³-hybridized carbons (Fsp3) is 0.300. The van der Waals surface area contributed by atoms with Gasteiger partial charge in [-0.05, 0) is 33.7 Å². The van der Waals surface area contributed by atoms with Gasteiger partial charge in [-0.1, -0.05) is 99.1 Å². The molecule has 0 radical (unpaired) electrons. The molecule has 0 fully saturated rings. The smallest absolute Gasteiger partial charge is 0.407 e. The van der Waals surface area contributed by atoms with Crippen molar-refractivity contribution in [3.63, 3.8) is 0 Å². The van der Waals surface area contributed by atoms with Crippen molar-refractivity contribution in [3.8, 4) is 11.1 Å². The summed E-state index contributed by atoms with van der Waals surface area (Å²) in [6.45, 7) is 3.57. The van der Waals surface area contributed by atoms with Gasteiger partial charge in [-0.2, -0.15) is 0 Å². The Morgan fingerprint density at radius 3 is 2.05 bits per heavy atom. The van der Waals surface area contributed by atoms with Gasteiger partial charge in [0.15, 0.2) is 0 Å². The molecular formula is C30H32N2O5. The molecule has 2 atom stereocenters. The number of rotatable bonds is 10. The first-order valence-electron chi connectivity index (χ1n) is 12.5. The summed E-state index contributed by atoms with van der Waals surface area (Å²) in [4.78, 5) is 39.2.